The topological polar surface area (TPSA) is 73.1 Å². The molecule has 1 aromatic heterocycles. The normalized spacial score (nSPS) is 11.0. The van der Waals surface area contributed by atoms with Crippen LogP contribution in [0, 0.1) is 5.82 Å². The van der Waals surface area contributed by atoms with Gasteiger partial charge in [0.05, 0.1) is 16.2 Å². The number of nitrogens with two attached hydrogens (primary N) is 1. The summed E-state index contributed by atoms with van der Waals surface area (Å²) in [4.78, 5) is 8.09. The lowest BCUT2D eigenvalue weighted by Crippen LogP contribution is -2.05. The van der Waals surface area contributed by atoms with Crippen molar-refractivity contribution in [3.63, 3.8) is 0 Å². The predicted octanol–water partition coefficient (Wildman–Crippen LogP) is 4.35. The molecule has 2 aromatic carbocycles. The van der Waals surface area contributed by atoms with Crippen molar-refractivity contribution < 1.29 is 17.9 Å². The standard InChI is InChI=1S/C15H10ClF3N4O/c16-9-3-7(1-2-10(9)17)23-14-8-4-11(20)13(24-15(18)19)5-12(8)21-6-22-14/h1-6,15H,20H2,(H,21,22,23). The monoisotopic (exact) mass is 354 g/mol. The van der Waals surface area contributed by atoms with Crippen LogP contribution in [-0.2, 0) is 0 Å². The van der Waals surface area contributed by atoms with Crippen molar-refractivity contribution in [1.82, 2.24) is 9.97 Å². The molecule has 0 bridgehead atoms. The van der Waals surface area contributed by atoms with Gasteiger partial charge in [-0.3, -0.25) is 0 Å². The number of hydrogen-bond acceptors (Lipinski definition) is 5. The van der Waals surface area contributed by atoms with Crippen molar-refractivity contribution >= 4 is 39.7 Å². The highest BCUT2D eigenvalue weighted by atomic mass is 35.5. The number of nitrogen functional groups attached to an aromatic ring is 1. The van der Waals surface area contributed by atoms with Crippen molar-refractivity contribution in [2.24, 2.45) is 0 Å². The second-order valence-electron chi connectivity index (χ2n) is 4.76. The Kier molecular flexibility index (Phi) is 4.30. The van der Waals surface area contributed by atoms with Crippen LogP contribution in [-0.4, -0.2) is 16.6 Å². The molecule has 3 aromatic rings. The number of ether oxygens (including phenoxy) is 1. The summed E-state index contributed by atoms with van der Waals surface area (Å²) in [5, 5.41) is 3.39. The van der Waals surface area contributed by atoms with E-state index in [1.807, 2.05) is 0 Å². The zero-order chi connectivity index (χ0) is 17.3. The minimum atomic E-state index is -2.99. The molecule has 0 atom stereocenters. The van der Waals surface area contributed by atoms with Gasteiger partial charge in [-0.15, -0.1) is 0 Å². The lowest BCUT2D eigenvalue weighted by molar-refractivity contribution is -0.0492. The molecule has 0 saturated heterocycles. The summed E-state index contributed by atoms with van der Waals surface area (Å²) in [6.45, 7) is -2.99. The molecule has 0 fully saturated rings. The molecular weight excluding hydrogens is 345 g/mol. The Labute approximate surface area is 139 Å². The van der Waals surface area contributed by atoms with Gasteiger partial charge in [0.2, 0.25) is 0 Å². The Morgan fingerprint density at radius 3 is 2.67 bits per heavy atom. The van der Waals surface area contributed by atoms with Crippen LogP contribution in [0.2, 0.25) is 5.02 Å². The average molecular weight is 355 g/mol. The van der Waals surface area contributed by atoms with Gasteiger partial charge in [0.25, 0.3) is 0 Å². The van der Waals surface area contributed by atoms with E-state index in [0.29, 0.717) is 22.4 Å². The maximum absolute atomic E-state index is 13.2. The predicted molar refractivity (Wildman–Crippen MR) is 85.3 cm³/mol. The highest BCUT2D eigenvalue weighted by Gasteiger charge is 2.13. The zero-order valence-electron chi connectivity index (χ0n) is 11.9. The number of alkyl halides is 2. The summed E-state index contributed by atoms with van der Waals surface area (Å²) < 4.78 is 42.3. The molecular formula is C15H10ClF3N4O. The van der Waals surface area contributed by atoms with Crippen molar-refractivity contribution in [3.8, 4) is 5.75 Å². The largest absolute Gasteiger partial charge is 0.433 e. The van der Waals surface area contributed by atoms with Gasteiger partial charge in [0.15, 0.2) is 5.75 Å². The summed E-state index contributed by atoms with van der Waals surface area (Å²) in [5.41, 5.74) is 6.59. The number of halogens is 4. The molecule has 0 aliphatic heterocycles. The first-order valence-corrected chi connectivity index (χ1v) is 7.03. The van der Waals surface area contributed by atoms with E-state index in [1.54, 1.807) is 0 Å². The van der Waals surface area contributed by atoms with E-state index in [1.165, 1.54) is 36.7 Å². The molecule has 0 spiro atoms. The number of rotatable bonds is 4. The molecule has 0 unspecified atom stereocenters. The van der Waals surface area contributed by atoms with Crippen LogP contribution in [0.3, 0.4) is 0 Å². The average Bonchev–Trinajstić information content (AvgIpc) is 2.52. The smallest absolute Gasteiger partial charge is 0.387 e. The van der Waals surface area contributed by atoms with Gasteiger partial charge in [-0.05, 0) is 24.3 Å². The van der Waals surface area contributed by atoms with Gasteiger partial charge in [-0.2, -0.15) is 8.78 Å². The molecule has 5 nitrogen and oxygen atoms in total. The Morgan fingerprint density at radius 1 is 1.17 bits per heavy atom. The van der Waals surface area contributed by atoms with E-state index in [0.717, 1.165) is 0 Å². The Morgan fingerprint density at radius 2 is 1.96 bits per heavy atom. The van der Waals surface area contributed by atoms with Gasteiger partial charge in [0, 0.05) is 17.1 Å². The van der Waals surface area contributed by atoms with Gasteiger partial charge in [0.1, 0.15) is 18.0 Å². The molecule has 124 valence electrons. The van der Waals surface area contributed by atoms with Gasteiger partial charge < -0.3 is 15.8 Å². The highest BCUT2D eigenvalue weighted by molar-refractivity contribution is 6.31. The fourth-order valence-electron chi connectivity index (χ4n) is 2.11. The Hall–Kier alpha value is -2.74. The molecule has 1 heterocycles. The molecule has 0 radical (unpaired) electrons. The lowest BCUT2D eigenvalue weighted by atomic mass is 10.2. The van der Waals surface area contributed by atoms with Gasteiger partial charge >= 0.3 is 6.61 Å². The molecule has 3 N–H and O–H groups in total. The highest BCUT2D eigenvalue weighted by Crippen LogP contribution is 2.32. The van der Waals surface area contributed by atoms with Crippen LogP contribution in [0.25, 0.3) is 10.9 Å². The van der Waals surface area contributed by atoms with Crippen LogP contribution in [0.4, 0.5) is 30.4 Å². The molecule has 3 rings (SSSR count). The van der Waals surface area contributed by atoms with Crippen molar-refractivity contribution in [3.05, 3.63) is 47.5 Å². The second-order valence-corrected chi connectivity index (χ2v) is 5.17. The first-order valence-electron chi connectivity index (χ1n) is 6.65. The fraction of sp³-hybridized carbons (Fsp3) is 0.0667. The van der Waals surface area contributed by atoms with Gasteiger partial charge in [-0.25, -0.2) is 14.4 Å². The first kappa shape index (κ1) is 16.1. The Balaban J connectivity index is 2.02. The molecule has 24 heavy (non-hydrogen) atoms. The zero-order valence-corrected chi connectivity index (χ0v) is 12.7. The van der Waals surface area contributed by atoms with E-state index in [4.69, 9.17) is 17.3 Å². The number of aromatic nitrogens is 2. The lowest BCUT2D eigenvalue weighted by Gasteiger charge is -2.12. The van der Waals surface area contributed by atoms with E-state index >= 15 is 0 Å². The summed E-state index contributed by atoms with van der Waals surface area (Å²) in [5.74, 6) is -0.363. The van der Waals surface area contributed by atoms with E-state index in [2.05, 4.69) is 20.0 Å². The van der Waals surface area contributed by atoms with Crippen LogP contribution in [0.15, 0.2) is 36.7 Å². The van der Waals surface area contributed by atoms with Crippen LogP contribution < -0.4 is 15.8 Å². The third-order valence-corrected chi connectivity index (χ3v) is 3.45. The maximum atomic E-state index is 13.2. The fourth-order valence-corrected chi connectivity index (χ4v) is 2.29. The van der Waals surface area contributed by atoms with Crippen molar-refractivity contribution in [1.29, 1.82) is 0 Å². The van der Waals surface area contributed by atoms with Gasteiger partial charge in [-0.1, -0.05) is 11.6 Å². The minimum Gasteiger partial charge on any atom is -0.433 e. The SMILES string of the molecule is Nc1cc2c(Nc3ccc(F)c(Cl)c3)ncnc2cc1OC(F)F. The number of anilines is 3. The number of fused-ring (bicyclic) bond motifs is 1. The number of hydrogen-bond donors (Lipinski definition) is 2. The van der Waals surface area contributed by atoms with Crippen LogP contribution >= 0.6 is 11.6 Å². The third kappa shape index (κ3) is 3.28. The second kappa shape index (κ2) is 6.40. The summed E-state index contributed by atoms with van der Waals surface area (Å²) in [6, 6.07) is 6.79. The summed E-state index contributed by atoms with van der Waals surface area (Å²) >= 11 is 5.74. The Bertz CT molecular complexity index is 907. The van der Waals surface area contributed by atoms with Crippen molar-refractivity contribution in [2.45, 2.75) is 6.61 Å². The van der Waals surface area contributed by atoms with E-state index in [9.17, 15) is 13.2 Å². The molecule has 0 aliphatic carbocycles. The van der Waals surface area contributed by atoms with E-state index in [-0.39, 0.29) is 16.5 Å². The molecule has 0 aliphatic rings. The molecule has 0 saturated carbocycles. The summed E-state index contributed by atoms with van der Waals surface area (Å²) in [7, 11) is 0. The number of benzene rings is 2. The minimum absolute atomic E-state index is 0.0118. The summed E-state index contributed by atoms with van der Waals surface area (Å²) in [6.07, 6.45) is 1.25. The van der Waals surface area contributed by atoms with E-state index < -0.39 is 12.4 Å². The molecule has 9 heteroatoms. The van der Waals surface area contributed by atoms with Crippen LogP contribution in [0.1, 0.15) is 0 Å². The quantitative estimate of drug-likeness (QED) is 0.681. The maximum Gasteiger partial charge on any atom is 0.387 e. The van der Waals surface area contributed by atoms with Crippen molar-refractivity contribution in [2.75, 3.05) is 11.1 Å². The third-order valence-electron chi connectivity index (χ3n) is 3.17. The van der Waals surface area contributed by atoms with Crippen LogP contribution in [0.5, 0.6) is 5.75 Å². The number of nitrogens with zero attached hydrogens (tertiary/aromatic N) is 2. The number of nitrogens with one attached hydrogen (secondary N) is 1. The first-order chi connectivity index (χ1) is 11.4. The molecule has 0 amide bonds.